The van der Waals surface area contributed by atoms with Crippen LogP contribution in [-0.2, 0) is 18.7 Å². The topological polar surface area (TPSA) is 149 Å². The molecular weight excluding hydrogens is 250 g/mol. The van der Waals surface area contributed by atoms with Gasteiger partial charge in [-0.25, -0.2) is 9.59 Å². The van der Waals surface area contributed by atoms with E-state index in [2.05, 4.69) is 0 Å². The summed E-state index contributed by atoms with van der Waals surface area (Å²) in [5.41, 5.74) is -1.06. The number of hydrogen-bond acceptors (Lipinski definition) is 4. The molecule has 86 valence electrons. The first-order chi connectivity index (χ1) is 6.77. The molecule has 0 saturated carbocycles. The van der Waals surface area contributed by atoms with Gasteiger partial charge in [0.25, 0.3) is 0 Å². The van der Waals surface area contributed by atoms with Crippen molar-refractivity contribution in [2.24, 2.45) is 0 Å². The molecule has 15 heavy (non-hydrogen) atoms. The van der Waals surface area contributed by atoms with Gasteiger partial charge in [-0.1, -0.05) is 0 Å². The molecule has 0 bridgehead atoms. The molecule has 0 aliphatic carbocycles. The largest absolute Gasteiger partial charge is 0.478 e. The molecule has 10 heteroatoms. The van der Waals surface area contributed by atoms with Gasteiger partial charge in [0.05, 0.1) is 5.57 Å². The first-order valence-corrected chi connectivity index (χ1v) is 6.27. The van der Waals surface area contributed by atoms with Crippen molar-refractivity contribution in [3.63, 3.8) is 0 Å². The quantitative estimate of drug-likeness (QED) is 0.375. The van der Waals surface area contributed by atoms with Crippen LogP contribution in [-0.4, -0.2) is 37.3 Å². The van der Waals surface area contributed by atoms with E-state index in [1.807, 2.05) is 0 Å². The maximum absolute atomic E-state index is 10.6. The molecule has 0 aromatic heterocycles. The van der Waals surface area contributed by atoms with E-state index < -0.39 is 39.0 Å². The first kappa shape index (κ1) is 14.1. The molecule has 0 rings (SSSR count). The molecule has 0 aromatic rings. The van der Waals surface area contributed by atoms with E-state index >= 15 is 0 Å². The van der Waals surface area contributed by atoms with Crippen LogP contribution in [0.1, 0.15) is 0 Å². The molecule has 2 unspecified atom stereocenters. The van der Waals surface area contributed by atoms with Gasteiger partial charge in [0.15, 0.2) is 0 Å². The zero-order valence-corrected chi connectivity index (χ0v) is 9.08. The third-order valence-electron chi connectivity index (χ3n) is 1.33. The fourth-order valence-electron chi connectivity index (χ4n) is 0.773. The Morgan fingerprint density at radius 1 is 1.07 bits per heavy atom. The first-order valence-electron chi connectivity index (χ1n) is 3.40. The molecule has 0 amide bonds. The molecule has 0 fully saturated rings. The smallest absolute Gasteiger partial charge is 0.333 e. The zero-order valence-electron chi connectivity index (χ0n) is 7.08. The summed E-state index contributed by atoms with van der Waals surface area (Å²) in [6.45, 7) is 0. The minimum Gasteiger partial charge on any atom is -0.478 e. The van der Waals surface area contributed by atoms with Gasteiger partial charge in [-0.15, -0.1) is 0 Å². The van der Waals surface area contributed by atoms with Crippen molar-refractivity contribution in [2.75, 3.05) is 0 Å². The molecule has 8 nitrogen and oxygen atoms in total. The third-order valence-corrected chi connectivity index (χ3v) is 4.42. The number of carboxylic acid groups (broad SMARTS) is 2. The van der Waals surface area contributed by atoms with Gasteiger partial charge in [0.2, 0.25) is 16.1 Å². The van der Waals surface area contributed by atoms with Crippen molar-refractivity contribution in [3.8, 4) is 0 Å². The van der Waals surface area contributed by atoms with Crippen LogP contribution < -0.4 is 0 Å². The third kappa shape index (κ3) is 4.40. The number of carboxylic acids is 2. The van der Waals surface area contributed by atoms with E-state index in [0.717, 1.165) is 0 Å². The van der Waals surface area contributed by atoms with Crippen LogP contribution in [0.3, 0.4) is 0 Å². The van der Waals surface area contributed by atoms with Crippen molar-refractivity contribution >= 4 is 28.0 Å². The number of rotatable bonds is 5. The summed E-state index contributed by atoms with van der Waals surface area (Å²) < 4.78 is 21.2. The second-order valence-corrected chi connectivity index (χ2v) is 5.44. The van der Waals surface area contributed by atoms with Crippen LogP contribution >= 0.6 is 16.1 Å². The van der Waals surface area contributed by atoms with Crippen LogP contribution in [0, 0.1) is 0 Å². The van der Waals surface area contributed by atoms with E-state index in [4.69, 9.17) is 20.0 Å². The van der Waals surface area contributed by atoms with E-state index in [1.165, 1.54) is 0 Å². The van der Waals surface area contributed by atoms with Gasteiger partial charge >= 0.3 is 11.9 Å². The van der Waals surface area contributed by atoms with Gasteiger partial charge < -0.3 is 20.0 Å². The number of hydrogen-bond donors (Lipinski definition) is 4. The van der Waals surface area contributed by atoms with Gasteiger partial charge in [0, 0.05) is 6.08 Å². The van der Waals surface area contributed by atoms with Gasteiger partial charge in [-0.2, -0.15) is 0 Å². The lowest BCUT2D eigenvalue weighted by Gasteiger charge is -2.09. The minimum absolute atomic E-state index is 0.130. The average molecular weight is 258 g/mol. The van der Waals surface area contributed by atoms with Crippen molar-refractivity contribution in [1.29, 1.82) is 0 Å². The van der Waals surface area contributed by atoms with Crippen LogP contribution in [0.4, 0.5) is 0 Å². The molecule has 0 saturated heterocycles. The molecule has 2 atom stereocenters. The Morgan fingerprint density at radius 2 is 1.47 bits per heavy atom. The van der Waals surface area contributed by atoms with E-state index in [9.17, 15) is 18.7 Å². The van der Waals surface area contributed by atoms with Gasteiger partial charge in [0.1, 0.15) is 5.40 Å². The monoisotopic (exact) mass is 258 g/mol. The maximum atomic E-state index is 10.6. The minimum atomic E-state index is -3.64. The van der Waals surface area contributed by atoms with Crippen molar-refractivity contribution in [3.05, 3.63) is 11.6 Å². The average Bonchev–Trinajstić information content (AvgIpc) is 2.00. The summed E-state index contributed by atoms with van der Waals surface area (Å²) in [5.74, 6) is -3.49. The lowest BCUT2D eigenvalue weighted by atomic mass is 10.3. The molecule has 0 spiro atoms. The predicted octanol–water partition coefficient (Wildman–Crippen LogP) is -0.658. The Bertz CT molecular complexity index is 344. The summed E-state index contributed by atoms with van der Waals surface area (Å²) >= 11 is 0. The highest BCUT2D eigenvalue weighted by atomic mass is 31.2. The Labute approximate surface area is 84.6 Å². The Hall–Kier alpha value is -0.940. The van der Waals surface area contributed by atoms with Crippen LogP contribution in [0.15, 0.2) is 11.6 Å². The molecular formula is C5H8O8P2. The van der Waals surface area contributed by atoms with Crippen LogP contribution in [0.2, 0.25) is 0 Å². The fraction of sp³-hybridized carbons (Fsp3) is 0.200. The Kier molecular flexibility index (Phi) is 5.46. The zero-order chi connectivity index (χ0) is 12.2. The maximum Gasteiger partial charge on any atom is 0.333 e. The Balaban J connectivity index is 5.40. The summed E-state index contributed by atoms with van der Waals surface area (Å²) in [7, 11) is -7.28. The standard InChI is InChI=1S/C5H8O8P2/c6-3(7)1-2(4(8)9)5(14(10)11)15(12)13/h1,5,14-15H,(H,6,7)(H,8,9)(H,10,11)(H,12,13). The normalized spacial score (nSPS) is 17.9. The van der Waals surface area contributed by atoms with Crippen molar-refractivity contribution in [1.82, 2.24) is 0 Å². The molecule has 0 aromatic carbocycles. The van der Waals surface area contributed by atoms with Gasteiger partial charge in [-0.3, -0.25) is 9.13 Å². The molecule has 0 radical (unpaired) electrons. The highest BCUT2D eigenvalue weighted by Crippen LogP contribution is 2.44. The summed E-state index contributed by atoms with van der Waals surface area (Å²) in [6.07, 6.45) is 0.130. The molecule has 0 heterocycles. The predicted molar refractivity (Wildman–Crippen MR) is 49.6 cm³/mol. The highest BCUT2D eigenvalue weighted by molar-refractivity contribution is 7.58. The molecule has 0 aliphatic rings. The van der Waals surface area contributed by atoms with Crippen LogP contribution in [0.5, 0.6) is 0 Å². The van der Waals surface area contributed by atoms with Crippen molar-refractivity contribution in [2.45, 2.75) is 5.40 Å². The second-order valence-electron chi connectivity index (χ2n) is 2.35. The van der Waals surface area contributed by atoms with E-state index in [1.54, 1.807) is 0 Å². The lowest BCUT2D eigenvalue weighted by Crippen LogP contribution is -2.13. The number of carbonyl (C=O) groups is 2. The number of aliphatic carboxylic acids is 2. The fourth-order valence-corrected chi connectivity index (χ4v) is 2.56. The summed E-state index contributed by atoms with van der Waals surface area (Å²) in [5, 5.41) is 14.7. The highest BCUT2D eigenvalue weighted by Gasteiger charge is 2.30. The summed E-state index contributed by atoms with van der Waals surface area (Å²) in [6, 6.07) is 0. The molecule has 0 aliphatic heterocycles. The molecule has 4 N–H and O–H groups in total. The Morgan fingerprint density at radius 3 is 1.67 bits per heavy atom. The van der Waals surface area contributed by atoms with E-state index in [0.29, 0.717) is 0 Å². The van der Waals surface area contributed by atoms with Gasteiger partial charge in [-0.05, 0) is 0 Å². The SMILES string of the molecule is O=C(O)C=C(C(=O)O)C([PH](=O)O)[PH](=O)O. The van der Waals surface area contributed by atoms with Crippen LogP contribution in [0.25, 0.3) is 0 Å². The van der Waals surface area contributed by atoms with Crippen molar-refractivity contribution < 1.29 is 38.7 Å². The lowest BCUT2D eigenvalue weighted by molar-refractivity contribution is -0.135. The summed E-state index contributed by atoms with van der Waals surface area (Å²) in [4.78, 5) is 37.9. The second kappa shape index (κ2) is 5.82. The van der Waals surface area contributed by atoms with E-state index in [-0.39, 0.29) is 6.08 Å².